The van der Waals surface area contributed by atoms with Crippen molar-refractivity contribution < 1.29 is 0 Å². The number of H-pyrrole nitrogens is 2. The molecule has 2 heterocycles. The number of hydrogen-bond donors (Lipinski definition) is 2. The Morgan fingerprint density at radius 2 is 1.58 bits per heavy atom. The van der Waals surface area contributed by atoms with Crippen molar-refractivity contribution in [3.05, 3.63) is 45.0 Å². The van der Waals surface area contributed by atoms with Crippen LogP contribution in [-0.2, 0) is 0 Å². The van der Waals surface area contributed by atoms with E-state index in [9.17, 15) is 0 Å². The van der Waals surface area contributed by atoms with Crippen LogP contribution in [0.25, 0.3) is 32.7 Å². The van der Waals surface area contributed by atoms with E-state index in [0.717, 1.165) is 20.1 Å². The van der Waals surface area contributed by atoms with Crippen molar-refractivity contribution in [2.75, 3.05) is 0 Å². The largest absolute Gasteiger partial charge is 0.353 e. The van der Waals surface area contributed by atoms with Crippen molar-refractivity contribution >= 4 is 64.6 Å². The number of hydrogen-bond acceptors (Lipinski definition) is 0. The SMILES string of the molecule is Cc1c(Br)[nH]c2c1ccc1c3cc(Br)ccc3[nH]c12. The zero-order valence-corrected chi connectivity index (χ0v) is 13.3. The highest BCUT2D eigenvalue weighted by Gasteiger charge is 2.12. The fourth-order valence-electron chi connectivity index (χ4n) is 2.70. The van der Waals surface area contributed by atoms with Gasteiger partial charge in [0.25, 0.3) is 0 Å². The molecular formula is C15H10Br2N2. The molecule has 2 N–H and O–H groups in total. The molecule has 94 valence electrons. The molecule has 0 fully saturated rings. The maximum Gasteiger partial charge on any atom is 0.0861 e. The third-order valence-electron chi connectivity index (χ3n) is 3.70. The minimum absolute atomic E-state index is 1.05. The summed E-state index contributed by atoms with van der Waals surface area (Å²) < 4.78 is 2.15. The molecule has 0 radical (unpaired) electrons. The maximum absolute atomic E-state index is 3.57. The summed E-state index contributed by atoms with van der Waals surface area (Å²) in [5, 5.41) is 3.75. The van der Waals surface area contributed by atoms with Crippen molar-refractivity contribution in [1.29, 1.82) is 0 Å². The van der Waals surface area contributed by atoms with E-state index in [-0.39, 0.29) is 0 Å². The number of nitrogens with one attached hydrogen (secondary N) is 2. The molecule has 0 bridgehead atoms. The maximum atomic E-state index is 3.57. The van der Waals surface area contributed by atoms with Gasteiger partial charge in [-0.1, -0.05) is 28.1 Å². The molecule has 19 heavy (non-hydrogen) atoms. The summed E-state index contributed by atoms with van der Waals surface area (Å²) >= 11 is 7.11. The molecule has 2 nitrogen and oxygen atoms in total. The Morgan fingerprint density at radius 1 is 0.842 bits per heavy atom. The number of fused-ring (bicyclic) bond motifs is 5. The Bertz CT molecular complexity index is 947. The summed E-state index contributed by atoms with van der Waals surface area (Å²) in [7, 11) is 0. The average molecular weight is 378 g/mol. The first-order valence-corrected chi connectivity index (χ1v) is 7.61. The second-order valence-electron chi connectivity index (χ2n) is 4.79. The quantitative estimate of drug-likeness (QED) is 0.397. The highest BCUT2D eigenvalue weighted by atomic mass is 79.9. The summed E-state index contributed by atoms with van der Waals surface area (Å²) in [6, 6.07) is 10.7. The first kappa shape index (κ1) is 11.6. The molecule has 0 amide bonds. The molecular weight excluding hydrogens is 368 g/mol. The lowest BCUT2D eigenvalue weighted by Gasteiger charge is -1.95. The van der Waals surface area contributed by atoms with Gasteiger partial charge in [0.05, 0.1) is 15.6 Å². The van der Waals surface area contributed by atoms with E-state index in [4.69, 9.17) is 0 Å². The van der Waals surface area contributed by atoms with Gasteiger partial charge >= 0.3 is 0 Å². The van der Waals surface area contributed by atoms with Crippen LogP contribution in [0.1, 0.15) is 5.56 Å². The Morgan fingerprint density at radius 3 is 2.42 bits per heavy atom. The smallest absolute Gasteiger partial charge is 0.0861 e. The lowest BCUT2D eigenvalue weighted by atomic mass is 10.1. The van der Waals surface area contributed by atoms with Crippen molar-refractivity contribution in [3.8, 4) is 0 Å². The predicted molar refractivity (Wildman–Crippen MR) is 87.8 cm³/mol. The van der Waals surface area contributed by atoms with E-state index in [1.807, 2.05) is 0 Å². The molecule has 4 aromatic rings. The fraction of sp³-hybridized carbons (Fsp3) is 0.0667. The van der Waals surface area contributed by atoms with Crippen molar-refractivity contribution in [2.45, 2.75) is 6.92 Å². The Kier molecular flexibility index (Phi) is 2.35. The highest BCUT2D eigenvalue weighted by molar-refractivity contribution is 9.10. The number of halogens is 2. The minimum atomic E-state index is 1.05. The van der Waals surface area contributed by atoms with Gasteiger partial charge in [-0.25, -0.2) is 0 Å². The van der Waals surface area contributed by atoms with Crippen LogP contribution in [0.15, 0.2) is 39.4 Å². The lowest BCUT2D eigenvalue weighted by Crippen LogP contribution is -1.72. The van der Waals surface area contributed by atoms with Crippen molar-refractivity contribution in [3.63, 3.8) is 0 Å². The summed E-state index contributed by atoms with van der Waals surface area (Å²) in [6.07, 6.45) is 0. The molecule has 2 aromatic heterocycles. The van der Waals surface area contributed by atoms with Gasteiger partial charge in [-0.2, -0.15) is 0 Å². The summed E-state index contributed by atoms with van der Waals surface area (Å²) in [5.41, 5.74) is 4.74. The van der Waals surface area contributed by atoms with E-state index in [0.29, 0.717) is 0 Å². The van der Waals surface area contributed by atoms with Crippen molar-refractivity contribution in [2.24, 2.45) is 0 Å². The number of benzene rings is 2. The van der Waals surface area contributed by atoms with Crippen LogP contribution in [0.5, 0.6) is 0 Å². The van der Waals surface area contributed by atoms with Gasteiger partial charge in [0, 0.05) is 26.1 Å². The fourth-order valence-corrected chi connectivity index (χ4v) is 3.48. The van der Waals surface area contributed by atoms with Crippen LogP contribution in [0.3, 0.4) is 0 Å². The molecule has 0 aliphatic heterocycles. The van der Waals surface area contributed by atoms with Crippen LogP contribution < -0.4 is 0 Å². The van der Waals surface area contributed by atoms with Gasteiger partial charge in [0.1, 0.15) is 0 Å². The van der Waals surface area contributed by atoms with Crippen LogP contribution in [0, 0.1) is 6.92 Å². The normalized spacial score (nSPS) is 11.9. The molecule has 0 spiro atoms. The number of aromatic amines is 2. The van der Waals surface area contributed by atoms with Gasteiger partial charge in [0.2, 0.25) is 0 Å². The van der Waals surface area contributed by atoms with E-state index in [1.165, 1.54) is 27.2 Å². The highest BCUT2D eigenvalue weighted by Crippen LogP contribution is 2.35. The molecule has 0 saturated heterocycles. The topological polar surface area (TPSA) is 31.6 Å². The summed E-state index contributed by atoms with van der Waals surface area (Å²) in [5.74, 6) is 0. The monoisotopic (exact) mass is 376 g/mol. The molecule has 4 heteroatoms. The first-order chi connectivity index (χ1) is 9.15. The van der Waals surface area contributed by atoms with E-state index < -0.39 is 0 Å². The average Bonchev–Trinajstić information content (AvgIpc) is 2.89. The molecule has 2 aromatic carbocycles. The molecule has 0 atom stereocenters. The number of aryl methyl sites for hydroxylation is 1. The number of rotatable bonds is 0. The Labute approximate surface area is 126 Å². The van der Waals surface area contributed by atoms with Crippen molar-refractivity contribution in [1.82, 2.24) is 9.97 Å². The third-order valence-corrected chi connectivity index (χ3v) is 4.99. The van der Waals surface area contributed by atoms with Crippen LogP contribution in [0.4, 0.5) is 0 Å². The van der Waals surface area contributed by atoms with Gasteiger partial charge < -0.3 is 9.97 Å². The molecule has 0 aliphatic carbocycles. The molecule has 0 aliphatic rings. The van der Waals surface area contributed by atoms with Gasteiger partial charge in [-0.05, 0) is 46.6 Å². The van der Waals surface area contributed by atoms with Gasteiger partial charge in [0.15, 0.2) is 0 Å². The lowest BCUT2D eigenvalue weighted by molar-refractivity contribution is 1.36. The van der Waals surface area contributed by atoms with Gasteiger partial charge in [-0.15, -0.1) is 0 Å². The first-order valence-electron chi connectivity index (χ1n) is 6.03. The second-order valence-corrected chi connectivity index (χ2v) is 6.50. The molecule has 0 saturated carbocycles. The summed E-state index contributed by atoms with van der Waals surface area (Å²) in [6.45, 7) is 2.12. The molecule has 0 unspecified atom stereocenters. The second kappa shape index (κ2) is 3.87. The number of aromatic nitrogens is 2. The Hall–Kier alpha value is -1.26. The summed E-state index contributed by atoms with van der Waals surface area (Å²) in [4.78, 5) is 6.93. The zero-order chi connectivity index (χ0) is 13.1. The van der Waals surface area contributed by atoms with Gasteiger partial charge in [-0.3, -0.25) is 0 Å². The van der Waals surface area contributed by atoms with E-state index in [1.54, 1.807) is 0 Å². The standard InChI is InChI=1S/C15H10Br2N2/c1-7-9-3-4-10-11-6-8(16)2-5-12(11)18-14(10)13(9)19-15(7)17/h2-6,18-19H,1H3. The molecule has 4 rings (SSSR count). The zero-order valence-electron chi connectivity index (χ0n) is 10.1. The third kappa shape index (κ3) is 1.53. The van der Waals surface area contributed by atoms with E-state index in [2.05, 4.69) is 79.1 Å². The van der Waals surface area contributed by atoms with Crippen LogP contribution in [-0.4, -0.2) is 9.97 Å². The Balaban J connectivity index is 2.28. The van der Waals surface area contributed by atoms with Crippen LogP contribution in [0.2, 0.25) is 0 Å². The minimum Gasteiger partial charge on any atom is -0.353 e. The predicted octanol–water partition coefficient (Wildman–Crippen LogP) is 5.64. The van der Waals surface area contributed by atoms with Crippen LogP contribution >= 0.6 is 31.9 Å². The van der Waals surface area contributed by atoms with E-state index >= 15 is 0 Å².